The fourth-order valence-electron chi connectivity index (χ4n) is 1.10. The second kappa shape index (κ2) is 3.94. The highest BCUT2D eigenvalue weighted by molar-refractivity contribution is 4.69. The van der Waals surface area contributed by atoms with Crippen LogP contribution in [0.5, 0.6) is 0 Å². The highest BCUT2D eigenvalue weighted by Gasteiger charge is 2.19. The number of hydrogen-bond donors (Lipinski definition) is 0. The smallest absolute Gasteiger partial charge is 0.107 e. The van der Waals surface area contributed by atoms with Gasteiger partial charge in [0, 0.05) is 19.7 Å². The fraction of sp³-hybridized carbons (Fsp3) is 1.00. The third kappa shape index (κ3) is 1.96. The van der Waals surface area contributed by atoms with Crippen LogP contribution in [0.25, 0.3) is 0 Å². The monoisotopic (exact) mass is 143 g/mol. The molecule has 0 amide bonds. The molecular formula is C8H17NO. The van der Waals surface area contributed by atoms with Crippen LogP contribution in [0.15, 0.2) is 0 Å². The van der Waals surface area contributed by atoms with Gasteiger partial charge in [0.1, 0.15) is 6.23 Å². The molecule has 2 nitrogen and oxygen atoms in total. The Hall–Kier alpha value is -0.0800. The van der Waals surface area contributed by atoms with Crippen LogP contribution >= 0.6 is 0 Å². The molecule has 1 aliphatic heterocycles. The average Bonchev–Trinajstić information content (AvgIpc) is 1.79. The maximum atomic E-state index is 5.52. The summed E-state index contributed by atoms with van der Waals surface area (Å²) in [5.74, 6) is 0. The zero-order valence-corrected chi connectivity index (χ0v) is 6.97. The first kappa shape index (κ1) is 8.02. The van der Waals surface area contributed by atoms with E-state index >= 15 is 0 Å². The summed E-state index contributed by atoms with van der Waals surface area (Å²) in [7, 11) is 0. The van der Waals surface area contributed by atoms with E-state index < -0.39 is 0 Å². The minimum atomic E-state index is 0.355. The van der Waals surface area contributed by atoms with E-state index in [0.29, 0.717) is 6.23 Å². The maximum Gasteiger partial charge on any atom is 0.107 e. The summed E-state index contributed by atoms with van der Waals surface area (Å²) in [6.07, 6.45) is 2.83. The van der Waals surface area contributed by atoms with Crippen molar-refractivity contribution < 1.29 is 4.74 Å². The van der Waals surface area contributed by atoms with Crippen LogP contribution in [-0.2, 0) is 4.74 Å². The van der Waals surface area contributed by atoms with Crippen LogP contribution < -0.4 is 0 Å². The summed E-state index contributed by atoms with van der Waals surface area (Å²) in [4.78, 5) is 2.36. The Morgan fingerprint density at radius 2 is 2.20 bits per heavy atom. The van der Waals surface area contributed by atoms with Crippen molar-refractivity contribution in [3.8, 4) is 0 Å². The van der Waals surface area contributed by atoms with Crippen molar-refractivity contribution in [2.24, 2.45) is 0 Å². The van der Waals surface area contributed by atoms with Gasteiger partial charge in [-0.3, -0.25) is 4.90 Å². The average molecular weight is 143 g/mol. The normalized spacial score (nSPS) is 22.2. The molecule has 60 valence electrons. The second-order valence-electron chi connectivity index (χ2n) is 2.86. The predicted molar refractivity (Wildman–Crippen MR) is 41.9 cm³/mol. The number of hydrogen-bond acceptors (Lipinski definition) is 2. The summed E-state index contributed by atoms with van der Waals surface area (Å²) in [6, 6.07) is 0. The molecule has 0 aromatic heterocycles. The predicted octanol–water partition coefficient (Wildman–Crippen LogP) is 1.46. The molecule has 1 rings (SSSR count). The van der Waals surface area contributed by atoms with Gasteiger partial charge in [0.25, 0.3) is 0 Å². The Labute approximate surface area is 63.2 Å². The van der Waals surface area contributed by atoms with Gasteiger partial charge in [-0.1, -0.05) is 6.92 Å². The van der Waals surface area contributed by atoms with Crippen LogP contribution in [0.2, 0.25) is 0 Å². The molecule has 10 heavy (non-hydrogen) atoms. The molecule has 0 aromatic rings. The third-order valence-corrected chi connectivity index (χ3v) is 1.97. The van der Waals surface area contributed by atoms with Crippen LogP contribution in [0.4, 0.5) is 0 Å². The van der Waals surface area contributed by atoms with E-state index in [4.69, 9.17) is 4.74 Å². The van der Waals surface area contributed by atoms with Crippen LogP contribution in [0.3, 0.4) is 0 Å². The Morgan fingerprint density at radius 1 is 1.50 bits per heavy atom. The van der Waals surface area contributed by atoms with Crippen molar-refractivity contribution >= 4 is 0 Å². The van der Waals surface area contributed by atoms with Crippen LogP contribution in [-0.4, -0.2) is 30.8 Å². The van der Waals surface area contributed by atoms with E-state index in [0.717, 1.165) is 13.0 Å². The van der Waals surface area contributed by atoms with E-state index in [-0.39, 0.29) is 0 Å². The molecule has 1 fully saturated rings. The molecule has 1 atom stereocenters. The van der Waals surface area contributed by atoms with Gasteiger partial charge in [0.05, 0.1) is 0 Å². The van der Waals surface area contributed by atoms with Gasteiger partial charge < -0.3 is 4.74 Å². The van der Waals surface area contributed by atoms with Crippen molar-refractivity contribution in [1.29, 1.82) is 0 Å². The Kier molecular flexibility index (Phi) is 3.16. The molecule has 1 saturated heterocycles. The van der Waals surface area contributed by atoms with E-state index in [1.807, 2.05) is 0 Å². The molecule has 0 saturated carbocycles. The molecule has 2 heteroatoms. The summed E-state index contributed by atoms with van der Waals surface area (Å²) in [6.45, 7) is 7.63. The van der Waals surface area contributed by atoms with Crippen LogP contribution in [0, 0.1) is 0 Å². The van der Waals surface area contributed by atoms with Gasteiger partial charge >= 0.3 is 0 Å². The molecule has 0 aliphatic carbocycles. The standard InChI is InChI=1S/C8H17NO/c1-3-7-10-8(2)9-5-4-6-9/h8H,3-7H2,1-2H3/t8-/m1/s1. The van der Waals surface area contributed by atoms with Crippen LogP contribution in [0.1, 0.15) is 26.7 Å². The minimum Gasteiger partial charge on any atom is -0.363 e. The van der Waals surface area contributed by atoms with E-state index in [9.17, 15) is 0 Å². The van der Waals surface area contributed by atoms with E-state index in [1.54, 1.807) is 0 Å². The lowest BCUT2D eigenvalue weighted by Crippen LogP contribution is -2.44. The quantitative estimate of drug-likeness (QED) is 0.591. The summed E-state index contributed by atoms with van der Waals surface area (Å²) < 4.78 is 5.52. The first-order valence-corrected chi connectivity index (χ1v) is 4.20. The van der Waals surface area contributed by atoms with Crippen molar-refractivity contribution in [3.05, 3.63) is 0 Å². The van der Waals surface area contributed by atoms with E-state index in [1.165, 1.54) is 19.5 Å². The summed E-state index contributed by atoms with van der Waals surface area (Å²) in [5, 5.41) is 0. The summed E-state index contributed by atoms with van der Waals surface area (Å²) >= 11 is 0. The molecule has 0 unspecified atom stereocenters. The lowest BCUT2D eigenvalue weighted by atomic mass is 10.2. The van der Waals surface area contributed by atoms with Gasteiger partial charge in [-0.15, -0.1) is 0 Å². The lowest BCUT2D eigenvalue weighted by Gasteiger charge is -2.35. The Morgan fingerprint density at radius 3 is 2.60 bits per heavy atom. The highest BCUT2D eigenvalue weighted by Crippen LogP contribution is 2.11. The molecule has 0 N–H and O–H groups in total. The van der Waals surface area contributed by atoms with Crippen molar-refractivity contribution in [2.45, 2.75) is 32.9 Å². The number of likely N-dealkylation sites (tertiary alicyclic amines) is 1. The molecule has 0 spiro atoms. The Balaban J connectivity index is 2.02. The molecule has 1 heterocycles. The van der Waals surface area contributed by atoms with Gasteiger partial charge in [-0.2, -0.15) is 0 Å². The Bertz CT molecular complexity index is 91.3. The number of rotatable bonds is 4. The van der Waals surface area contributed by atoms with Crippen molar-refractivity contribution in [1.82, 2.24) is 4.90 Å². The largest absolute Gasteiger partial charge is 0.363 e. The van der Waals surface area contributed by atoms with Crippen molar-refractivity contribution in [2.75, 3.05) is 19.7 Å². The maximum absolute atomic E-state index is 5.52. The first-order valence-electron chi connectivity index (χ1n) is 4.20. The number of ether oxygens (including phenoxy) is 1. The number of nitrogens with zero attached hydrogens (tertiary/aromatic N) is 1. The topological polar surface area (TPSA) is 12.5 Å². The highest BCUT2D eigenvalue weighted by atomic mass is 16.5. The zero-order chi connectivity index (χ0) is 7.40. The first-order chi connectivity index (χ1) is 4.84. The molecule has 0 aromatic carbocycles. The third-order valence-electron chi connectivity index (χ3n) is 1.97. The molecule has 1 aliphatic rings. The van der Waals surface area contributed by atoms with Crippen molar-refractivity contribution in [3.63, 3.8) is 0 Å². The van der Waals surface area contributed by atoms with Gasteiger partial charge in [0.2, 0.25) is 0 Å². The van der Waals surface area contributed by atoms with Gasteiger partial charge in [0.15, 0.2) is 0 Å². The van der Waals surface area contributed by atoms with Gasteiger partial charge in [-0.05, 0) is 19.8 Å². The lowest BCUT2D eigenvalue weighted by molar-refractivity contribution is -0.0740. The molecule has 0 bridgehead atoms. The summed E-state index contributed by atoms with van der Waals surface area (Å²) in [5.41, 5.74) is 0. The second-order valence-corrected chi connectivity index (χ2v) is 2.86. The van der Waals surface area contributed by atoms with Gasteiger partial charge in [-0.25, -0.2) is 0 Å². The fourth-order valence-corrected chi connectivity index (χ4v) is 1.10. The van der Waals surface area contributed by atoms with E-state index in [2.05, 4.69) is 18.7 Å². The zero-order valence-electron chi connectivity index (χ0n) is 6.97. The molecule has 0 radical (unpaired) electrons. The molecular weight excluding hydrogens is 126 g/mol. The minimum absolute atomic E-state index is 0.355. The SMILES string of the molecule is CCCO[C@H](C)N1CCC1.